The van der Waals surface area contributed by atoms with Crippen LogP contribution >= 0.6 is 27.5 Å². The predicted molar refractivity (Wildman–Crippen MR) is 130 cm³/mol. The maximum absolute atomic E-state index is 12.6. The molecule has 0 unspecified atom stereocenters. The number of carbonyl (C=O) groups is 2. The molecule has 0 saturated heterocycles. The number of esters is 1. The van der Waals surface area contributed by atoms with Crippen LogP contribution in [0.25, 0.3) is 10.8 Å². The minimum atomic E-state index is -0.523. The van der Waals surface area contributed by atoms with Crippen molar-refractivity contribution in [2.45, 2.75) is 0 Å². The van der Waals surface area contributed by atoms with Crippen molar-refractivity contribution in [2.24, 2.45) is 5.10 Å². The van der Waals surface area contributed by atoms with Crippen molar-refractivity contribution >= 4 is 56.4 Å². The second-order valence-corrected chi connectivity index (χ2v) is 8.15. The lowest BCUT2D eigenvalue weighted by atomic mass is 10.0. The van der Waals surface area contributed by atoms with Crippen molar-refractivity contribution in [1.82, 2.24) is 5.43 Å². The monoisotopic (exact) mass is 506 g/mol. The lowest BCUT2D eigenvalue weighted by Gasteiger charge is -2.10. The second-order valence-electron chi connectivity index (χ2n) is 6.80. The van der Waals surface area contributed by atoms with E-state index in [9.17, 15) is 9.59 Å². The van der Waals surface area contributed by atoms with Crippen molar-refractivity contribution in [1.29, 1.82) is 0 Å². The first-order valence-electron chi connectivity index (χ1n) is 9.60. The summed E-state index contributed by atoms with van der Waals surface area (Å²) in [5, 5.41) is 6.40. The summed E-state index contributed by atoms with van der Waals surface area (Å²) < 4.78 is 6.52. The van der Waals surface area contributed by atoms with Gasteiger partial charge in [-0.25, -0.2) is 10.2 Å². The summed E-state index contributed by atoms with van der Waals surface area (Å²) in [6.07, 6.45) is 1.48. The number of ether oxygens (including phenoxy) is 1. The Morgan fingerprint density at radius 3 is 2.31 bits per heavy atom. The number of halogens is 2. The summed E-state index contributed by atoms with van der Waals surface area (Å²) in [5.41, 5.74) is 3.92. The molecular weight excluding hydrogens is 492 g/mol. The van der Waals surface area contributed by atoms with Crippen molar-refractivity contribution in [3.63, 3.8) is 0 Å². The van der Waals surface area contributed by atoms with Crippen LogP contribution in [-0.2, 0) is 0 Å². The van der Waals surface area contributed by atoms with E-state index < -0.39 is 5.97 Å². The maximum atomic E-state index is 12.6. The molecule has 4 aromatic rings. The van der Waals surface area contributed by atoms with Crippen LogP contribution in [0.3, 0.4) is 0 Å². The van der Waals surface area contributed by atoms with Gasteiger partial charge in [0.1, 0.15) is 5.75 Å². The molecule has 0 spiro atoms. The van der Waals surface area contributed by atoms with Crippen molar-refractivity contribution in [2.75, 3.05) is 0 Å². The number of nitrogens with zero attached hydrogens (tertiary/aromatic N) is 1. The average Bonchev–Trinajstić information content (AvgIpc) is 2.81. The number of rotatable bonds is 5. The standard InChI is InChI=1S/C25H16BrClN2O3/c26-19-10-5-17(6-11-19)24(30)29-28-15-22-21-4-2-1-3-16(21)9-14-23(22)32-25(31)18-7-12-20(27)13-8-18/h1-15H,(H,29,30). The van der Waals surface area contributed by atoms with Crippen LogP contribution < -0.4 is 10.2 Å². The molecule has 0 atom stereocenters. The van der Waals surface area contributed by atoms with Gasteiger partial charge < -0.3 is 4.74 Å². The van der Waals surface area contributed by atoms with Gasteiger partial charge in [-0.1, -0.05) is 57.9 Å². The SMILES string of the molecule is O=C(NN=Cc1c(OC(=O)c2ccc(Cl)cc2)ccc2ccccc12)c1ccc(Br)cc1. The van der Waals surface area contributed by atoms with Crippen LogP contribution in [0.1, 0.15) is 26.3 Å². The second kappa shape index (κ2) is 9.77. The molecule has 32 heavy (non-hydrogen) atoms. The van der Waals surface area contributed by atoms with E-state index in [2.05, 4.69) is 26.5 Å². The van der Waals surface area contributed by atoms with Gasteiger partial charge in [0, 0.05) is 20.6 Å². The zero-order valence-corrected chi connectivity index (χ0v) is 18.9. The Morgan fingerprint density at radius 1 is 0.875 bits per heavy atom. The van der Waals surface area contributed by atoms with Gasteiger partial charge in [0.2, 0.25) is 0 Å². The third-order valence-electron chi connectivity index (χ3n) is 4.68. The molecule has 0 aliphatic rings. The van der Waals surface area contributed by atoms with Gasteiger partial charge in [0.25, 0.3) is 5.91 Å². The maximum Gasteiger partial charge on any atom is 0.343 e. The van der Waals surface area contributed by atoms with Gasteiger partial charge in [-0.3, -0.25) is 4.79 Å². The number of fused-ring (bicyclic) bond motifs is 1. The molecule has 0 fully saturated rings. The van der Waals surface area contributed by atoms with E-state index >= 15 is 0 Å². The topological polar surface area (TPSA) is 67.8 Å². The first kappa shape index (κ1) is 21.7. The molecule has 0 aliphatic carbocycles. The molecule has 5 nitrogen and oxygen atoms in total. The Labute approximate surface area is 197 Å². The number of hydrogen-bond donors (Lipinski definition) is 1. The molecule has 7 heteroatoms. The third kappa shape index (κ3) is 5.04. The van der Waals surface area contributed by atoms with E-state index in [1.807, 2.05) is 30.3 Å². The van der Waals surface area contributed by atoms with Gasteiger partial charge in [-0.15, -0.1) is 0 Å². The molecule has 4 aromatic carbocycles. The molecule has 0 saturated carbocycles. The molecule has 1 amide bonds. The number of benzene rings is 4. The van der Waals surface area contributed by atoms with Crippen LogP contribution in [0.2, 0.25) is 5.02 Å². The first-order chi connectivity index (χ1) is 15.5. The lowest BCUT2D eigenvalue weighted by Crippen LogP contribution is -2.17. The molecule has 0 bridgehead atoms. The Bertz CT molecular complexity index is 1320. The van der Waals surface area contributed by atoms with Gasteiger partial charge in [0.15, 0.2) is 0 Å². The Kier molecular flexibility index (Phi) is 6.63. The van der Waals surface area contributed by atoms with Crippen LogP contribution in [0.15, 0.2) is 94.5 Å². The number of nitrogens with one attached hydrogen (secondary N) is 1. The molecule has 158 valence electrons. The smallest absolute Gasteiger partial charge is 0.343 e. The minimum Gasteiger partial charge on any atom is -0.422 e. The summed E-state index contributed by atoms with van der Waals surface area (Å²) in [6, 6.07) is 24.6. The summed E-state index contributed by atoms with van der Waals surface area (Å²) in [6.45, 7) is 0. The normalized spacial score (nSPS) is 10.9. The molecule has 0 heterocycles. The fourth-order valence-electron chi connectivity index (χ4n) is 3.06. The van der Waals surface area contributed by atoms with Crippen LogP contribution in [-0.4, -0.2) is 18.1 Å². The van der Waals surface area contributed by atoms with E-state index in [4.69, 9.17) is 16.3 Å². The summed E-state index contributed by atoms with van der Waals surface area (Å²) in [4.78, 5) is 25.0. The summed E-state index contributed by atoms with van der Waals surface area (Å²) in [7, 11) is 0. The number of carbonyl (C=O) groups excluding carboxylic acids is 2. The van der Waals surface area contributed by atoms with Crippen molar-refractivity contribution < 1.29 is 14.3 Å². The quantitative estimate of drug-likeness (QED) is 0.150. The van der Waals surface area contributed by atoms with Gasteiger partial charge in [-0.2, -0.15) is 5.10 Å². The fraction of sp³-hybridized carbons (Fsp3) is 0. The van der Waals surface area contributed by atoms with Crippen molar-refractivity contribution in [3.05, 3.63) is 111 Å². The van der Waals surface area contributed by atoms with E-state index in [1.54, 1.807) is 54.6 Å². The Morgan fingerprint density at radius 2 is 1.56 bits per heavy atom. The lowest BCUT2D eigenvalue weighted by molar-refractivity contribution is 0.0734. The number of amides is 1. The molecule has 4 rings (SSSR count). The highest BCUT2D eigenvalue weighted by molar-refractivity contribution is 9.10. The minimum absolute atomic E-state index is 0.324. The van der Waals surface area contributed by atoms with Crippen LogP contribution in [0.5, 0.6) is 5.75 Å². The highest BCUT2D eigenvalue weighted by Crippen LogP contribution is 2.27. The molecule has 0 radical (unpaired) electrons. The Hall–Kier alpha value is -3.48. The largest absolute Gasteiger partial charge is 0.422 e. The highest BCUT2D eigenvalue weighted by atomic mass is 79.9. The molecule has 0 aliphatic heterocycles. The number of hydrazone groups is 1. The molecule has 0 aromatic heterocycles. The van der Waals surface area contributed by atoms with Gasteiger partial charge >= 0.3 is 5.97 Å². The highest BCUT2D eigenvalue weighted by Gasteiger charge is 2.14. The first-order valence-corrected chi connectivity index (χ1v) is 10.8. The summed E-state index contributed by atoms with van der Waals surface area (Å²) in [5.74, 6) is -0.551. The zero-order valence-electron chi connectivity index (χ0n) is 16.6. The van der Waals surface area contributed by atoms with E-state index in [0.717, 1.165) is 15.2 Å². The van der Waals surface area contributed by atoms with E-state index in [0.29, 0.717) is 27.5 Å². The van der Waals surface area contributed by atoms with E-state index in [-0.39, 0.29) is 5.91 Å². The van der Waals surface area contributed by atoms with Crippen molar-refractivity contribution in [3.8, 4) is 5.75 Å². The van der Waals surface area contributed by atoms with Crippen LogP contribution in [0, 0.1) is 0 Å². The van der Waals surface area contributed by atoms with Gasteiger partial charge in [0.05, 0.1) is 11.8 Å². The zero-order chi connectivity index (χ0) is 22.5. The van der Waals surface area contributed by atoms with E-state index in [1.165, 1.54) is 6.21 Å². The number of hydrogen-bond acceptors (Lipinski definition) is 4. The van der Waals surface area contributed by atoms with Gasteiger partial charge in [-0.05, 0) is 65.4 Å². The molecular formula is C25H16BrClN2O3. The van der Waals surface area contributed by atoms with Crippen LogP contribution in [0.4, 0.5) is 0 Å². The fourth-order valence-corrected chi connectivity index (χ4v) is 3.45. The summed E-state index contributed by atoms with van der Waals surface area (Å²) >= 11 is 9.23. The predicted octanol–water partition coefficient (Wildman–Crippen LogP) is 6.24. The average molecular weight is 508 g/mol. The third-order valence-corrected chi connectivity index (χ3v) is 5.46. The Balaban J connectivity index is 1.62. The molecule has 1 N–H and O–H groups in total.